The summed E-state index contributed by atoms with van der Waals surface area (Å²) in [5, 5.41) is 0. The van der Waals surface area contributed by atoms with Gasteiger partial charge in [0.05, 0.1) is 0 Å². The minimum absolute atomic E-state index is 0.100. The van der Waals surface area contributed by atoms with Crippen LogP contribution in [0.5, 0.6) is 0 Å². The van der Waals surface area contributed by atoms with Crippen LogP contribution in [0.4, 0.5) is 0 Å². The largest absolute Gasteiger partial charge is 0.463 e. The molecule has 2 nitrogen and oxygen atoms in total. The fraction of sp³-hybridized carbons (Fsp3) is 0.962. The van der Waals surface area contributed by atoms with Gasteiger partial charge in [0.25, 0.3) is 0 Å². The molecule has 4 aliphatic carbocycles. The number of carbonyl (C=O) groups excluding carboxylic acids is 1. The van der Waals surface area contributed by atoms with E-state index in [-0.39, 0.29) is 12.1 Å². The van der Waals surface area contributed by atoms with Crippen LogP contribution in [0.2, 0.25) is 0 Å². The topological polar surface area (TPSA) is 26.3 Å². The summed E-state index contributed by atoms with van der Waals surface area (Å²) in [6.45, 7) is 17.1. The average Bonchev–Trinajstić information content (AvgIpc) is 2.84. The van der Waals surface area contributed by atoms with E-state index in [2.05, 4.69) is 41.5 Å². The summed E-state index contributed by atoms with van der Waals surface area (Å²) in [4.78, 5) is 11.6. The van der Waals surface area contributed by atoms with E-state index in [1.165, 1.54) is 51.4 Å². The maximum absolute atomic E-state index is 11.6. The highest BCUT2D eigenvalue weighted by atomic mass is 16.5. The first-order chi connectivity index (χ1) is 12.9. The van der Waals surface area contributed by atoms with E-state index in [9.17, 15) is 4.79 Å². The molecule has 0 bridgehead atoms. The predicted octanol–water partition coefficient (Wildman–Crippen LogP) is 7.16. The van der Waals surface area contributed by atoms with Gasteiger partial charge in [-0.1, -0.05) is 48.0 Å². The van der Waals surface area contributed by atoms with E-state index in [1.807, 2.05) is 0 Å². The Balaban J connectivity index is 1.65. The first-order valence-corrected chi connectivity index (χ1v) is 12.1. The lowest BCUT2D eigenvalue weighted by atomic mass is 9.36. The van der Waals surface area contributed by atoms with E-state index in [0.717, 1.165) is 24.7 Å². The fourth-order valence-electron chi connectivity index (χ4n) is 9.33. The van der Waals surface area contributed by atoms with Crippen LogP contribution < -0.4 is 0 Å². The molecule has 0 aliphatic heterocycles. The van der Waals surface area contributed by atoms with Gasteiger partial charge in [-0.15, -0.1) is 0 Å². The van der Waals surface area contributed by atoms with Crippen molar-refractivity contribution in [2.75, 3.05) is 0 Å². The van der Waals surface area contributed by atoms with E-state index in [4.69, 9.17) is 4.74 Å². The molecule has 28 heavy (non-hydrogen) atoms. The summed E-state index contributed by atoms with van der Waals surface area (Å²) in [7, 11) is 0. The van der Waals surface area contributed by atoms with Crippen molar-refractivity contribution < 1.29 is 9.53 Å². The molecule has 0 amide bonds. The van der Waals surface area contributed by atoms with Gasteiger partial charge >= 0.3 is 5.97 Å². The van der Waals surface area contributed by atoms with Gasteiger partial charge in [0.2, 0.25) is 0 Å². The lowest BCUT2D eigenvalue weighted by Crippen LogP contribution is -2.61. The van der Waals surface area contributed by atoms with Crippen LogP contribution in [0.1, 0.15) is 113 Å². The van der Waals surface area contributed by atoms with Gasteiger partial charge in [0, 0.05) is 6.92 Å². The molecule has 0 unspecified atom stereocenters. The summed E-state index contributed by atoms with van der Waals surface area (Å²) in [6, 6.07) is 0. The lowest BCUT2D eigenvalue weighted by molar-refractivity contribution is -0.207. The van der Waals surface area contributed by atoms with Crippen LogP contribution in [0.3, 0.4) is 0 Å². The number of fused-ring (bicyclic) bond motifs is 5. The number of rotatable bonds is 2. The van der Waals surface area contributed by atoms with Crippen molar-refractivity contribution in [3.63, 3.8) is 0 Å². The van der Waals surface area contributed by atoms with Gasteiger partial charge in [-0.2, -0.15) is 0 Å². The third-order valence-electron chi connectivity index (χ3n) is 12.0. The molecule has 4 aliphatic rings. The van der Waals surface area contributed by atoms with E-state index in [1.54, 1.807) is 6.92 Å². The van der Waals surface area contributed by atoms with Crippen molar-refractivity contribution in [1.82, 2.24) is 0 Å². The van der Waals surface area contributed by atoms with E-state index >= 15 is 0 Å². The molecular weight excluding hydrogens is 344 g/mol. The van der Waals surface area contributed by atoms with Crippen LogP contribution in [0.25, 0.3) is 0 Å². The predicted molar refractivity (Wildman–Crippen MR) is 115 cm³/mol. The van der Waals surface area contributed by atoms with Crippen LogP contribution in [-0.4, -0.2) is 12.1 Å². The SMILES string of the molecule is CC[C@]1(C)CC[C@@]2(C)[C@@H]3CC[C@]4(C)C[C@@H](OC(C)=O)CC[C@]4(C)[C@H]3CC[C@]12C. The zero-order chi connectivity index (χ0) is 20.6. The van der Waals surface area contributed by atoms with Gasteiger partial charge in [0.1, 0.15) is 6.10 Å². The normalized spacial score (nSPS) is 55.8. The highest BCUT2D eigenvalue weighted by Crippen LogP contribution is 2.77. The molecule has 2 heteroatoms. The number of hydrogen-bond donors (Lipinski definition) is 0. The molecule has 0 heterocycles. The molecular formula is C26H44O2. The van der Waals surface area contributed by atoms with Crippen LogP contribution in [0.15, 0.2) is 0 Å². The Bertz CT molecular complexity index is 657. The Morgan fingerprint density at radius 2 is 1.50 bits per heavy atom. The molecule has 0 spiro atoms. The van der Waals surface area contributed by atoms with Gasteiger partial charge in [-0.3, -0.25) is 4.79 Å². The Morgan fingerprint density at radius 3 is 2.14 bits per heavy atom. The molecule has 0 aromatic heterocycles. The number of esters is 1. The second-order valence-electron chi connectivity index (χ2n) is 12.4. The van der Waals surface area contributed by atoms with E-state index < -0.39 is 0 Å². The first kappa shape index (κ1) is 20.7. The van der Waals surface area contributed by atoms with Crippen LogP contribution >= 0.6 is 0 Å². The molecule has 0 aromatic carbocycles. The average molecular weight is 389 g/mol. The lowest BCUT2D eigenvalue weighted by Gasteiger charge is -2.68. The minimum atomic E-state index is -0.100. The zero-order valence-corrected chi connectivity index (χ0v) is 19.6. The van der Waals surface area contributed by atoms with Crippen LogP contribution in [0, 0.1) is 38.9 Å². The van der Waals surface area contributed by atoms with Crippen molar-refractivity contribution in [3.8, 4) is 0 Å². The maximum Gasteiger partial charge on any atom is 0.302 e. The Morgan fingerprint density at radius 1 is 0.857 bits per heavy atom. The number of ether oxygens (including phenoxy) is 1. The summed E-state index contributed by atoms with van der Waals surface area (Å²) >= 11 is 0. The third-order valence-corrected chi connectivity index (χ3v) is 12.0. The van der Waals surface area contributed by atoms with Gasteiger partial charge in [-0.25, -0.2) is 0 Å². The smallest absolute Gasteiger partial charge is 0.302 e. The molecule has 4 rings (SSSR count). The second kappa shape index (κ2) is 6.24. The quantitative estimate of drug-likeness (QED) is 0.469. The van der Waals surface area contributed by atoms with Crippen molar-refractivity contribution >= 4 is 5.97 Å². The molecule has 8 atom stereocenters. The van der Waals surface area contributed by atoms with Crippen molar-refractivity contribution in [2.24, 2.45) is 38.9 Å². The van der Waals surface area contributed by atoms with Gasteiger partial charge < -0.3 is 4.74 Å². The standard InChI is InChI=1S/C26H44O2/c1-8-22(3)15-16-25(6)21-10-12-23(4)17-19(28-18(2)27)9-13-24(23,5)20(21)11-14-26(22,25)7/h19-21H,8-17H2,1-7H3/t19-,20-,21+,22+,23+,24+,25-,26+/m0/s1. The molecule has 160 valence electrons. The zero-order valence-electron chi connectivity index (χ0n) is 19.6. The summed E-state index contributed by atoms with van der Waals surface area (Å²) in [5.41, 5.74) is 2.24. The van der Waals surface area contributed by atoms with Crippen molar-refractivity contribution in [1.29, 1.82) is 0 Å². The number of hydrogen-bond acceptors (Lipinski definition) is 2. The molecule has 4 fully saturated rings. The summed E-state index contributed by atoms with van der Waals surface area (Å²) < 4.78 is 5.69. The second-order valence-corrected chi connectivity index (χ2v) is 12.4. The Labute approximate surface area is 173 Å². The highest BCUT2D eigenvalue weighted by Gasteiger charge is 2.69. The molecule has 0 radical (unpaired) electrons. The van der Waals surface area contributed by atoms with E-state index in [0.29, 0.717) is 27.1 Å². The van der Waals surface area contributed by atoms with Crippen molar-refractivity contribution in [2.45, 2.75) is 119 Å². The Kier molecular flexibility index (Phi) is 4.62. The maximum atomic E-state index is 11.6. The molecule has 0 aromatic rings. The third kappa shape index (κ3) is 2.41. The van der Waals surface area contributed by atoms with Crippen LogP contribution in [-0.2, 0) is 9.53 Å². The molecule has 0 saturated heterocycles. The highest BCUT2D eigenvalue weighted by molar-refractivity contribution is 5.66. The monoisotopic (exact) mass is 388 g/mol. The number of carbonyl (C=O) groups is 1. The minimum Gasteiger partial charge on any atom is -0.463 e. The van der Waals surface area contributed by atoms with Gasteiger partial charge in [0.15, 0.2) is 0 Å². The van der Waals surface area contributed by atoms with Crippen molar-refractivity contribution in [3.05, 3.63) is 0 Å². The van der Waals surface area contributed by atoms with Gasteiger partial charge in [-0.05, 0) is 96.7 Å². The summed E-state index contributed by atoms with van der Waals surface area (Å²) in [5.74, 6) is 1.63. The molecule has 4 saturated carbocycles. The summed E-state index contributed by atoms with van der Waals surface area (Å²) in [6.07, 6.45) is 13.2. The Hall–Kier alpha value is -0.530. The fourth-order valence-corrected chi connectivity index (χ4v) is 9.33. The molecule has 0 N–H and O–H groups in total. The first-order valence-electron chi connectivity index (χ1n) is 12.1.